The number of fused-ring (bicyclic) bond motifs is 13. The van der Waals surface area contributed by atoms with Crippen LogP contribution in [0.1, 0.15) is 22.3 Å². The van der Waals surface area contributed by atoms with E-state index in [0.29, 0.717) is 0 Å². The maximum Gasteiger partial charge on any atom is 0.146 e. The summed E-state index contributed by atoms with van der Waals surface area (Å²) in [6.07, 6.45) is 7.73. The summed E-state index contributed by atoms with van der Waals surface area (Å²) in [7, 11) is 0. The van der Waals surface area contributed by atoms with E-state index in [4.69, 9.17) is 4.98 Å². The molecule has 144 valence electrons. The predicted molar refractivity (Wildman–Crippen MR) is 124 cm³/mol. The normalized spacial score (nSPS) is 13.5. The van der Waals surface area contributed by atoms with Gasteiger partial charge in [-0.15, -0.1) is 0 Å². The van der Waals surface area contributed by atoms with Crippen molar-refractivity contribution in [3.05, 3.63) is 102 Å². The van der Waals surface area contributed by atoms with Gasteiger partial charge in [0.25, 0.3) is 0 Å². The number of pyridine rings is 2. The Morgan fingerprint density at radius 1 is 0.613 bits per heavy atom. The predicted octanol–water partition coefficient (Wildman–Crippen LogP) is 6.18. The van der Waals surface area contributed by atoms with Gasteiger partial charge in [-0.25, -0.2) is 9.97 Å². The molecule has 0 aliphatic heterocycles. The molecule has 0 saturated carbocycles. The number of hydrogen-bond donors (Lipinski definition) is 0. The summed E-state index contributed by atoms with van der Waals surface area (Å²) in [5, 5.41) is 3.71. The molecule has 3 aromatic carbocycles. The summed E-state index contributed by atoms with van der Waals surface area (Å²) in [5.74, 6) is 0. The zero-order valence-corrected chi connectivity index (χ0v) is 16.8. The van der Waals surface area contributed by atoms with Crippen LogP contribution in [0.5, 0.6) is 0 Å². The molecule has 6 aromatic rings. The van der Waals surface area contributed by atoms with Gasteiger partial charge in [0.2, 0.25) is 0 Å². The van der Waals surface area contributed by atoms with Gasteiger partial charge < -0.3 is 0 Å². The topological polar surface area (TPSA) is 30.2 Å². The molecule has 31 heavy (non-hydrogen) atoms. The van der Waals surface area contributed by atoms with E-state index in [1.807, 2.05) is 24.7 Å². The lowest BCUT2D eigenvalue weighted by Crippen LogP contribution is -1.95. The zero-order valence-electron chi connectivity index (χ0n) is 16.8. The van der Waals surface area contributed by atoms with Crippen molar-refractivity contribution in [2.75, 3.05) is 0 Å². The largest absolute Gasteiger partial charge is 0.283 e. The Morgan fingerprint density at radius 2 is 1.39 bits per heavy atom. The van der Waals surface area contributed by atoms with E-state index in [-0.39, 0.29) is 0 Å². The number of hydrogen-bond acceptors (Lipinski definition) is 2. The van der Waals surface area contributed by atoms with E-state index in [1.54, 1.807) is 0 Å². The Hall–Kier alpha value is -3.98. The van der Waals surface area contributed by atoms with Crippen LogP contribution in [0.3, 0.4) is 0 Å². The van der Waals surface area contributed by atoms with Gasteiger partial charge in [-0.2, -0.15) is 0 Å². The summed E-state index contributed by atoms with van der Waals surface area (Å²) in [6, 6.07) is 22.5. The third kappa shape index (κ3) is 1.89. The SMILES string of the molecule is c1ccc2c(c1)Cc1cc3c(cc1-2)Cc1c-3ccc2c1c1cccnc1n1ccnc21. The molecule has 0 atom stereocenters. The van der Waals surface area contributed by atoms with Crippen molar-refractivity contribution >= 4 is 27.5 Å². The molecule has 0 amide bonds. The van der Waals surface area contributed by atoms with Crippen LogP contribution in [0.25, 0.3) is 49.7 Å². The fourth-order valence-corrected chi connectivity index (χ4v) is 5.85. The maximum atomic E-state index is 4.70. The van der Waals surface area contributed by atoms with Crippen LogP contribution in [0, 0.1) is 0 Å². The monoisotopic (exact) mass is 395 g/mol. The van der Waals surface area contributed by atoms with Gasteiger partial charge in [0.1, 0.15) is 11.3 Å². The lowest BCUT2D eigenvalue weighted by atomic mass is 9.96. The second-order valence-electron chi connectivity index (χ2n) is 8.69. The minimum atomic E-state index is 0.957. The van der Waals surface area contributed by atoms with Gasteiger partial charge in [0.05, 0.1) is 0 Å². The summed E-state index contributed by atoms with van der Waals surface area (Å²) in [6.45, 7) is 0. The molecule has 2 aliphatic rings. The van der Waals surface area contributed by atoms with Gasteiger partial charge in [-0.1, -0.05) is 30.3 Å². The van der Waals surface area contributed by atoms with Crippen LogP contribution in [0.2, 0.25) is 0 Å². The lowest BCUT2D eigenvalue weighted by Gasteiger charge is -2.11. The van der Waals surface area contributed by atoms with Crippen molar-refractivity contribution in [3.63, 3.8) is 0 Å². The van der Waals surface area contributed by atoms with Crippen molar-refractivity contribution < 1.29 is 0 Å². The molecule has 3 aromatic heterocycles. The van der Waals surface area contributed by atoms with E-state index < -0.39 is 0 Å². The molecule has 3 nitrogen and oxygen atoms in total. The Kier molecular flexibility index (Phi) is 2.74. The van der Waals surface area contributed by atoms with Gasteiger partial charge in [-0.05, 0) is 87.7 Å². The van der Waals surface area contributed by atoms with Gasteiger partial charge in [0, 0.05) is 34.7 Å². The molecule has 0 bridgehead atoms. The van der Waals surface area contributed by atoms with E-state index in [1.165, 1.54) is 60.7 Å². The molecule has 3 heterocycles. The molecule has 0 fully saturated rings. The molecule has 0 unspecified atom stereocenters. The van der Waals surface area contributed by atoms with Crippen LogP contribution in [-0.2, 0) is 12.8 Å². The molecule has 2 aliphatic carbocycles. The van der Waals surface area contributed by atoms with Gasteiger partial charge in [0.15, 0.2) is 0 Å². The summed E-state index contributed by atoms with van der Waals surface area (Å²) in [5.41, 5.74) is 13.3. The van der Waals surface area contributed by atoms with Crippen LogP contribution in [-0.4, -0.2) is 14.4 Å². The summed E-state index contributed by atoms with van der Waals surface area (Å²) in [4.78, 5) is 9.38. The second kappa shape index (κ2) is 5.38. The number of rotatable bonds is 0. The highest BCUT2D eigenvalue weighted by molar-refractivity contribution is 6.15. The van der Waals surface area contributed by atoms with Crippen molar-refractivity contribution in [1.82, 2.24) is 14.4 Å². The highest BCUT2D eigenvalue weighted by atomic mass is 15.0. The van der Waals surface area contributed by atoms with Crippen LogP contribution in [0.4, 0.5) is 0 Å². The molecule has 3 heteroatoms. The third-order valence-electron chi connectivity index (χ3n) is 7.15. The molecule has 0 N–H and O–H groups in total. The number of nitrogens with zero attached hydrogens (tertiary/aromatic N) is 3. The summed E-state index contributed by atoms with van der Waals surface area (Å²) < 4.78 is 2.11. The standard InChI is InChI=1S/C28H17N3/c1-2-5-19-16(4-1)12-17-13-24-18(14-23(17)19)15-25-20(24)7-8-22-26(25)21-6-3-9-29-27(21)31-11-10-30-28(22)31/h1-11,13-14H,12,15H2. The first-order chi connectivity index (χ1) is 15.4. The zero-order chi connectivity index (χ0) is 20.1. The third-order valence-corrected chi connectivity index (χ3v) is 7.15. The molecule has 0 radical (unpaired) electrons. The minimum absolute atomic E-state index is 0.957. The quantitative estimate of drug-likeness (QED) is 0.287. The summed E-state index contributed by atoms with van der Waals surface area (Å²) >= 11 is 0. The first kappa shape index (κ1) is 15.8. The van der Waals surface area contributed by atoms with Gasteiger partial charge in [-0.3, -0.25) is 4.40 Å². The molecule has 0 spiro atoms. The van der Waals surface area contributed by atoms with E-state index in [9.17, 15) is 0 Å². The van der Waals surface area contributed by atoms with E-state index >= 15 is 0 Å². The van der Waals surface area contributed by atoms with E-state index in [0.717, 1.165) is 24.1 Å². The van der Waals surface area contributed by atoms with Crippen molar-refractivity contribution in [2.45, 2.75) is 12.8 Å². The van der Waals surface area contributed by atoms with Crippen LogP contribution in [0.15, 0.2) is 79.3 Å². The number of imidazole rings is 1. The van der Waals surface area contributed by atoms with Crippen molar-refractivity contribution in [2.24, 2.45) is 0 Å². The van der Waals surface area contributed by atoms with E-state index in [2.05, 4.69) is 64.0 Å². The molecular weight excluding hydrogens is 378 g/mol. The highest BCUT2D eigenvalue weighted by Crippen LogP contribution is 2.47. The van der Waals surface area contributed by atoms with Gasteiger partial charge >= 0.3 is 0 Å². The number of benzene rings is 3. The first-order valence-corrected chi connectivity index (χ1v) is 10.8. The fraction of sp³-hybridized carbons (Fsp3) is 0.0714. The Bertz CT molecular complexity index is 1740. The lowest BCUT2D eigenvalue weighted by molar-refractivity contribution is 1.20. The molecule has 8 rings (SSSR count). The Labute approximate surface area is 178 Å². The smallest absolute Gasteiger partial charge is 0.146 e. The Morgan fingerprint density at radius 3 is 2.32 bits per heavy atom. The molecular formula is C28H17N3. The van der Waals surface area contributed by atoms with Crippen molar-refractivity contribution in [1.29, 1.82) is 0 Å². The minimum Gasteiger partial charge on any atom is -0.283 e. The average molecular weight is 395 g/mol. The molecule has 0 saturated heterocycles. The second-order valence-corrected chi connectivity index (χ2v) is 8.69. The average Bonchev–Trinajstić information content (AvgIpc) is 3.52. The number of aromatic nitrogens is 3. The maximum absolute atomic E-state index is 4.70. The van der Waals surface area contributed by atoms with Crippen LogP contribution < -0.4 is 0 Å². The fourth-order valence-electron chi connectivity index (χ4n) is 5.85. The van der Waals surface area contributed by atoms with Crippen LogP contribution >= 0.6 is 0 Å². The Balaban J connectivity index is 1.45. The van der Waals surface area contributed by atoms with Crippen molar-refractivity contribution in [3.8, 4) is 22.3 Å². The highest BCUT2D eigenvalue weighted by Gasteiger charge is 2.27. The first-order valence-electron chi connectivity index (χ1n) is 10.8.